The van der Waals surface area contributed by atoms with Gasteiger partial charge in [0.15, 0.2) is 0 Å². The Bertz CT molecular complexity index is 563. The van der Waals surface area contributed by atoms with Crippen LogP contribution in [0.5, 0.6) is 0 Å². The minimum atomic E-state index is -0.567. The number of aromatic nitrogens is 2. The van der Waals surface area contributed by atoms with Gasteiger partial charge in [-0.25, -0.2) is 9.18 Å². The van der Waals surface area contributed by atoms with Gasteiger partial charge in [-0.15, -0.1) is 0 Å². The predicted molar refractivity (Wildman–Crippen MR) is 63.7 cm³/mol. The fourth-order valence-corrected chi connectivity index (χ4v) is 1.64. The molecule has 6 heteroatoms. The van der Waals surface area contributed by atoms with Crippen molar-refractivity contribution < 1.29 is 13.9 Å². The van der Waals surface area contributed by atoms with Crippen LogP contribution in [-0.2, 0) is 18.4 Å². The molecule has 0 saturated heterocycles. The molecule has 0 spiro atoms. The lowest BCUT2D eigenvalue weighted by Gasteiger charge is -2.06. The zero-order chi connectivity index (χ0) is 13.1. The van der Waals surface area contributed by atoms with Crippen LogP contribution in [0, 0.1) is 5.82 Å². The summed E-state index contributed by atoms with van der Waals surface area (Å²) in [6, 6.07) is 4.29. The third-order valence-corrected chi connectivity index (χ3v) is 2.70. The summed E-state index contributed by atoms with van der Waals surface area (Å²) in [5.41, 5.74) is 0.473. The molecule has 2 rings (SSSR count). The molecule has 1 aromatic carbocycles. The van der Waals surface area contributed by atoms with Gasteiger partial charge in [0.2, 0.25) is 0 Å². The second-order valence-corrected chi connectivity index (χ2v) is 4.09. The van der Waals surface area contributed by atoms with Crippen molar-refractivity contribution in [3.8, 4) is 0 Å². The molecule has 0 aliphatic rings. The second kappa shape index (κ2) is 5.18. The number of carbonyl (C=O) groups excluding carboxylic acids is 1. The molecule has 0 aliphatic carbocycles. The van der Waals surface area contributed by atoms with Crippen LogP contribution in [0.2, 0.25) is 5.02 Å². The smallest absolute Gasteiger partial charge is 0.341 e. The first-order valence-electron chi connectivity index (χ1n) is 5.16. The average molecular weight is 269 g/mol. The van der Waals surface area contributed by atoms with E-state index in [9.17, 15) is 9.18 Å². The van der Waals surface area contributed by atoms with Gasteiger partial charge in [-0.3, -0.25) is 4.68 Å². The number of halogens is 2. The summed E-state index contributed by atoms with van der Waals surface area (Å²) < 4.78 is 19.9. The molecular weight excluding hydrogens is 259 g/mol. The maximum atomic E-state index is 13.4. The maximum Gasteiger partial charge on any atom is 0.341 e. The molecule has 0 aliphatic heterocycles. The first-order chi connectivity index (χ1) is 8.58. The van der Waals surface area contributed by atoms with Crippen molar-refractivity contribution in [1.29, 1.82) is 0 Å². The van der Waals surface area contributed by atoms with Crippen molar-refractivity contribution in [3.05, 3.63) is 52.6 Å². The summed E-state index contributed by atoms with van der Waals surface area (Å²) in [5.74, 6) is -1.07. The Hall–Kier alpha value is -1.88. The number of carbonyl (C=O) groups is 1. The molecule has 18 heavy (non-hydrogen) atoms. The van der Waals surface area contributed by atoms with E-state index >= 15 is 0 Å². The van der Waals surface area contributed by atoms with Crippen LogP contribution < -0.4 is 0 Å². The van der Waals surface area contributed by atoms with Gasteiger partial charge >= 0.3 is 5.97 Å². The standard InChI is InChI=1S/C12H10ClFN2O2/c1-16-6-8(5-15-16)12(17)18-7-9-10(13)3-2-4-11(9)14/h2-6H,7H2,1H3. The number of esters is 1. The zero-order valence-electron chi connectivity index (χ0n) is 9.56. The molecule has 0 amide bonds. The lowest BCUT2D eigenvalue weighted by atomic mass is 10.2. The van der Waals surface area contributed by atoms with E-state index in [4.69, 9.17) is 16.3 Å². The highest BCUT2D eigenvalue weighted by Crippen LogP contribution is 2.20. The Morgan fingerprint density at radius 1 is 1.56 bits per heavy atom. The topological polar surface area (TPSA) is 44.1 Å². The largest absolute Gasteiger partial charge is 0.457 e. The Kier molecular flexibility index (Phi) is 3.62. The Balaban J connectivity index is 2.06. The molecule has 0 radical (unpaired) electrons. The fourth-order valence-electron chi connectivity index (χ4n) is 1.42. The molecule has 2 aromatic rings. The molecule has 1 aromatic heterocycles. The van der Waals surface area contributed by atoms with E-state index in [1.165, 1.54) is 35.3 Å². The number of ether oxygens (including phenoxy) is 1. The van der Waals surface area contributed by atoms with Crippen LogP contribution in [0.25, 0.3) is 0 Å². The number of hydrogen-bond donors (Lipinski definition) is 0. The van der Waals surface area contributed by atoms with E-state index < -0.39 is 11.8 Å². The predicted octanol–water partition coefficient (Wildman–Crippen LogP) is 2.57. The molecule has 1 heterocycles. The molecule has 94 valence electrons. The number of hydrogen-bond acceptors (Lipinski definition) is 3. The monoisotopic (exact) mass is 268 g/mol. The summed E-state index contributed by atoms with van der Waals surface area (Å²) in [5, 5.41) is 4.07. The van der Waals surface area contributed by atoms with Gasteiger partial charge in [-0.05, 0) is 12.1 Å². The van der Waals surface area contributed by atoms with Crippen molar-refractivity contribution in [2.24, 2.45) is 7.05 Å². The SMILES string of the molecule is Cn1cc(C(=O)OCc2c(F)cccc2Cl)cn1. The highest BCUT2D eigenvalue weighted by molar-refractivity contribution is 6.31. The minimum absolute atomic E-state index is 0.163. The molecule has 0 unspecified atom stereocenters. The minimum Gasteiger partial charge on any atom is -0.457 e. The summed E-state index contributed by atoms with van der Waals surface area (Å²) in [7, 11) is 1.69. The number of nitrogens with zero attached hydrogens (tertiary/aromatic N) is 2. The van der Waals surface area contributed by atoms with E-state index in [0.717, 1.165) is 0 Å². The van der Waals surface area contributed by atoms with Gasteiger partial charge in [0.05, 0.1) is 16.8 Å². The van der Waals surface area contributed by atoms with Crippen LogP contribution in [-0.4, -0.2) is 15.7 Å². The third kappa shape index (κ3) is 2.68. The van der Waals surface area contributed by atoms with Crippen LogP contribution in [0.4, 0.5) is 4.39 Å². The van der Waals surface area contributed by atoms with E-state index in [2.05, 4.69) is 5.10 Å². The normalized spacial score (nSPS) is 10.4. The summed E-state index contributed by atoms with van der Waals surface area (Å²) in [4.78, 5) is 11.6. The first kappa shape index (κ1) is 12.6. The molecule has 0 N–H and O–H groups in total. The number of rotatable bonds is 3. The van der Waals surface area contributed by atoms with Crippen LogP contribution in [0.1, 0.15) is 15.9 Å². The summed E-state index contributed by atoms with van der Waals surface area (Å²) in [6.45, 7) is -0.209. The molecule has 0 atom stereocenters. The van der Waals surface area contributed by atoms with E-state index in [1.54, 1.807) is 7.05 Å². The lowest BCUT2D eigenvalue weighted by Crippen LogP contribution is -2.05. The van der Waals surface area contributed by atoms with Gasteiger partial charge in [0.25, 0.3) is 0 Å². The van der Waals surface area contributed by atoms with Crippen LogP contribution in [0.3, 0.4) is 0 Å². The maximum absolute atomic E-state index is 13.4. The van der Waals surface area contributed by atoms with Gasteiger partial charge < -0.3 is 4.74 Å². The molecule has 0 bridgehead atoms. The quantitative estimate of drug-likeness (QED) is 0.804. The average Bonchev–Trinajstić information content (AvgIpc) is 2.75. The van der Waals surface area contributed by atoms with Crippen molar-refractivity contribution in [2.75, 3.05) is 0 Å². The Morgan fingerprint density at radius 3 is 2.94 bits per heavy atom. The highest BCUT2D eigenvalue weighted by Gasteiger charge is 2.13. The fraction of sp³-hybridized carbons (Fsp3) is 0.167. The number of aryl methyl sites for hydroxylation is 1. The van der Waals surface area contributed by atoms with Crippen LogP contribution in [0.15, 0.2) is 30.6 Å². The van der Waals surface area contributed by atoms with Crippen molar-refractivity contribution >= 4 is 17.6 Å². The summed E-state index contributed by atoms with van der Waals surface area (Å²) in [6.07, 6.45) is 2.90. The molecule has 4 nitrogen and oxygen atoms in total. The number of benzene rings is 1. The van der Waals surface area contributed by atoms with E-state index in [0.29, 0.717) is 5.56 Å². The van der Waals surface area contributed by atoms with Gasteiger partial charge in [0, 0.05) is 18.8 Å². The summed E-state index contributed by atoms with van der Waals surface area (Å²) >= 11 is 5.82. The van der Waals surface area contributed by atoms with Crippen LogP contribution >= 0.6 is 11.6 Å². The van der Waals surface area contributed by atoms with Gasteiger partial charge in [-0.2, -0.15) is 5.10 Å². The highest BCUT2D eigenvalue weighted by atomic mass is 35.5. The van der Waals surface area contributed by atoms with Crippen molar-refractivity contribution in [2.45, 2.75) is 6.61 Å². The van der Waals surface area contributed by atoms with Crippen molar-refractivity contribution in [3.63, 3.8) is 0 Å². The third-order valence-electron chi connectivity index (χ3n) is 2.35. The molecule has 0 saturated carbocycles. The van der Waals surface area contributed by atoms with Gasteiger partial charge in [0.1, 0.15) is 12.4 Å². The molecule has 0 fully saturated rings. The Labute approximate surface area is 108 Å². The second-order valence-electron chi connectivity index (χ2n) is 3.68. The van der Waals surface area contributed by atoms with E-state index in [-0.39, 0.29) is 17.2 Å². The van der Waals surface area contributed by atoms with Gasteiger partial charge in [-0.1, -0.05) is 17.7 Å². The Morgan fingerprint density at radius 2 is 2.33 bits per heavy atom. The van der Waals surface area contributed by atoms with Crippen molar-refractivity contribution in [1.82, 2.24) is 9.78 Å². The zero-order valence-corrected chi connectivity index (χ0v) is 10.3. The van der Waals surface area contributed by atoms with E-state index in [1.807, 2.05) is 0 Å². The lowest BCUT2D eigenvalue weighted by molar-refractivity contribution is 0.0469. The molecular formula is C12H10ClFN2O2. The first-order valence-corrected chi connectivity index (χ1v) is 5.54.